The topological polar surface area (TPSA) is 92.8 Å². The Morgan fingerprint density at radius 2 is 2.06 bits per heavy atom. The highest BCUT2D eigenvalue weighted by Crippen LogP contribution is 2.24. The number of nitrogens with zero attached hydrogens (tertiary/aromatic N) is 3. The van der Waals surface area contributed by atoms with Crippen molar-refractivity contribution in [3.05, 3.63) is 71.9 Å². The van der Waals surface area contributed by atoms with Crippen molar-refractivity contribution in [2.45, 2.75) is 19.0 Å². The van der Waals surface area contributed by atoms with Gasteiger partial charge in [0.05, 0.1) is 18.5 Å². The number of fused-ring (bicyclic) bond motifs is 1. The second kappa shape index (κ2) is 9.51. The van der Waals surface area contributed by atoms with Crippen LogP contribution in [0.1, 0.15) is 22.6 Å². The maximum Gasteiger partial charge on any atom is 0.354 e. The molecule has 3 aromatic heterocycles. The highest BCUT2D eigenvalue weighted by Gasteiger charge is 2.13. The van der Waals surface area contributed by atoms with Crippen molar-refractivity contribution in [1.82, 2.24) is 20.2 Å². The molecule has 0 saturated heterocycles. The molecule has 0 amide bonds. The average Bonchev–Trinajstić information content (AvgIpc) is 3.24. The van der Waals surface area contributed by atoms with Gasteiger partial charge in [-0.1, -0.05) is 6.07 Å². The average molecular weight is 437 g/mol. The summed E-state index contributed by atoms with van der Waals surface area (Å²) in [4.78, 5) is 18.6. The summed E-state index contributed by atoms with van der Waals surface area (Å²) in [7, 11) is 1.33. The number of esters is 1. The van der Waals surface area contributed by atoms with Crippen molar-refractivity contribution in [3.8, 4) is 11.3 Å². The summed E-state index contributed by atoms with van der Waals surface area (Å²) in [6.07, 6.45) is 0.346. The van der Waals surface area contributed by atoms with Crippen LogP contribution in [0.5, 0.6) is 0 Å². The number of H-pyrrole nitrogens is 1. The number of benzene rings is 1. The van der Waals surface area contributed by atoms with Gasteiger partial charge in [-0.15, -0.1) is 10.2 Å². The third-order valence-corrected chi connectivity index (χ3v) is 5.00. The number of ether oxygens (including phenoxy) is 1. The van der Waals surface area contributed by atoms with Crippen molar-refractivity contribution in [1.29, 1.82) is 0 Å². The number of halogens is 2. The van der Waals surface area contributed by atoms with E-state index in [1.165, 1.54) is 25.4 Å². The molecule has 0 aliphatic carbocycles. The number of anilines is 1. The summed E-state index contributed by atoms with van der Waals surface area (Å²) in [5.41, 5.74) is 2.82. The summed E-state index contributed by atoms with van der Waals surface area (Å²) < 4.78 is 32.4. The number of hydrogen-bond donors (Lipinski definition) is 2. The summed E-state index contributed by atoms with van der Waals surface area (Å²) >= 11 is 0. The van der Waals surface area contributed by atoms with Gasteiger partial charge in [0, 0.05) is 35.6 Å². The van der Waals surface area contributed by atoms with Gasteiger partial charge >= 0.3 is 5.97 Å². The maximum atomic E-state index is 14.1. The van der Waals surface area contributed by atoms with E-state index in [4.69, 9.17) is 4.74 Å². The number of methoxy groups -OCH3 is 1. The largest absolute Gasteiger partial charge is 0.464 e. The fourth-order valence-electron chi connectivity index (χ4n) is 3.33. The molecule has 4 rings (SSSR count). The van der Waals surface area contributed by atoms with Gasteiger partial charge in [-0.2, -0.15) is 0 Å². The molecule has 1 atom stereocenters. The van der Waals surface area contributed by atoms with E-state index in [1.807, 2.05) is 18.2 Å². The van der Waals surface area contributed by atoms with E-state index < -0.39 is 18.0 Å². The highest BCUT2D eigenvalue weighted by molar-refractivity contribution is 5.95. The van der Waals surface area contributed by atoms with Crippen LogP contribution in [0.15, 0.2) is 54.7 Å². The van der Waals surface area contributed by atoms with Gasteiger partial charge in [-0.05, 0) is 48.9 Å². The molecule has 7 nitrogen and oxygen atoms in total. The predicted octanol–water partition coefficient (Wildman–Crippen LogP) is 4.33. The number of hydrogen-bond acceptors (Lipinski definition) is 6. The van der Waals surface area contributed by atoms with Crippen molar-refractivity contribution in [2.24, 2.45) is 0 Å². The Morgan fingerprint density at radius 1 is 1.19 bits per heavy atom. The Labute approximate surface area is 182 Å². The molecule has 3 heterocycles. The molecule has 164 valence electrons. The molecule has 0 radical (unpaired) electrons. The minimum atomic E-state index is -1.22. The van der Waals surface area contributed by atoms with Crippen molar-refractivity contribution >= 4 is 22.7 Å². The third-order valence-electron chi connectivity index (χ3n) is 5.00. The van der Waals surface area contributed by atoms with Crippen molar-refractivity contribution in [3.63, 3.8) is 0 Å². The quantitative estimate of drug-likeness (QED) is 0.399. The fraction of sp³-hybridized carbons (Fsp3) is 0.217. The molecule has 32 heavy (non-hydrogen) atoms. The molecule has 0 fully saturated rings. The summed E-state index contributed by atoms with van der Waals surface area (Å²) in [5, 5.41) is 12.2. The molecule has 0 aliphatic rings. The number of aromatic amines is 1. The zero-order valence-corrected chi connectivity index (χ0v) is 17.3. The van der Waals surface area contributed by atoms with E-state index >= 15 is 0 Å². The first-order valence-electron chi connectivity index (χ1n) is 10.1. The molecular weight excluding hydrogens is 416 g/mol. The standard InChI is InChI=1S/C23H21F2N5O2/c1-32-23(31)21-12-15-11-14(4-5-18(15)28-21)19-6-7-22(30-29-19)27-10-8-16(24)13-20-17(25)3-2-9-26-20/h2-7,9,11-12,16,28H,8,10,13H2,1H3,(H,27,30)/t16-/m0/s1. The molecule has 2 N–H and O–H groups in total. The van der Waals surface area contributed by atoms with Gasteiger partial charge in [0.2, 0.25) is 0 Å². The summed E-state index contributed by atoms with van der Waals surface area (Å²) in [6.45, 7) is 0.329. The molecular formula is C23H21F2N5O2. The second-order valence-corrected chi connectivity index (χ2v) is 7.23. The maximum absolute atomic E-state index is 14.1. The van der Waals surface area contributed by atoms with E-state index in [1.54, 1.807) is 18.2 Å². The molecule has 9 heteroatoms. The van der Waals surface area contributed by atoms with Crippen LogP contribution in [-0.2, 0) is 11.2 Å². The lowest BCUT2D eigenvalue weighted by atomic mass is 10.1. The Kier molecular flexibility index (Phi) is 6.34. The minimum Gasteiger partial charge on any atom is -0.464 e. The van der Waals surface area contributed by atoms with Gasteiger partial charge in [-0.3, -0.25) is 4.98 Å². The van der Waals surface area contributed by atoms with E-state index in [9.17, 15) is 13.6 Å². The van der Waals surface area contributed by atoms with Gasteiger partial charge in [0.15, 0.2) is 0 Å². The number of carbonyl (C=O) groups is 1. The summed E-state index contributed by atoms with van der Waals surface area (Å²) in [6, 6.07) is 13.7. The molecule has 0 bridgehead atoms. The lowest BCUT2D eigenvalue weighted by molar-refractivity contribution is 0.0595. The Morgan fingerprint density at radius 3 is 2.81 bits per heavy atom. The van der Waals surface area contributed by atoms with Gasteiger partial charge in [0.1, 0.15) is 23.5 Å². The summed E-state index contributed by atoms with van der Waals surface area (Å²) in [5.74, 6) is -0.414. The number of pyridine rings is 1. The number of aromatic nitrogens is 4. The normalized spacial score (nSPS) is 12.0. The third kappa shape index (κ3) is 4.88. The van der Waals surface area contributed by atoms with E-state index in [0.717, 1.165) is 16.5 Å². The molecule has 0 aliphatic heterocycles. The first kappa shape index (κ1) is 21.4. The molecule has 4 aromatic rings. The van der Waals surface area contributed by atoms with Crippen LogP contribution in [0, 0.1) is 5.82 Å². The van der Waals surface area contributed by atoms with Gasteiger partial charge in [-0.25, -0.2) is 13.6 Å². The smallest absolute Gasteiger partial charge is 0.354 e. The van der Waals surface area contributed by atoms with Crippen molar-refractivity contribution in [2.75, 3.05) is 19.0 Å². The van der Waals surface area contributed by atoms with Crippen molar-refractivity contribution < 1.29 is 18.3 Å². The number of carbonyl (C=O) groups excluding carboxylic acids is 1. The SMILES string of the molecule is COC(=O)c1cc2cc(-c3ccc(NCC[C@H](F)Cc4ncccc4F)nn3)ccc2[nH]1. The zero-order valence-electron chi connectivity index (χ0n) is 17.3. The minimum absolute atomic E-state index is 0.0711. The Balaban J connectivity index is 1.34. The lowest BCUT2D eigenvalue weighted by Gasteiger charge is -2.10. The van der Waals surface area contributed by atoms with E-state index in [2.05, 4.69) is 25.5 Å². The molecule has 1 aromatic carbocycles. The monoisotopic (exact) mass is 437 g/mol. The van der Waals surface area contributed by atoms with Crippen LogP contribution in [0.2, 0.25) is 0 Å². The Hall–Kier alpha value is -3.88. The zero-order chi connectivity index (χ0) is 22.5. The van der Waals surface area contributed by atoms with E-state index in [0.29, 0.717) is 23.8 Å². The number of alkyl halides is 1. The predicted molar refractivity (Wildman–Crippen MR) is 117 cm³/mol. The molecule has 0 spiro atoms. The van der Waals surface area contributed by atoms with E-state index in [-0.39, 0.29) is 18.5 Å². The first-order valence-corrected chi connectivity index (χ1v) is 10.1. The van der Waals surface area contributed by atoms with Gasteiger partial charge < -0.3 is 15.0 Å². The molecule has 0 saturated carbocycles. The van der Waals surface area contributed by atoms with Crippen LogP contribution >= 0.6 is 0 Å². The first-order chi connectivity index (χ1) is 15.5. The number of rotatable bonds is 8. The van der Waals surface area contributed by atoms with Crippen LogP contribution < -0.4 is 5.32 Å². The fourth-order valence-corrected chi connectivity index (χ4v) is 3.33. The second-order valence-electron chi connectivity index (χ2n) is 7.23. The lowest BCUT2D eigenvalue weighted by Crippen LogP contribution is -2.14. The van der Waals surface area contributed by atoms with Crippen LogP contribution in [0.25, 0.3) is 22.2 Å². The van der Waals surface area contributed by atoms with Gasteiger partial charge in [0.25, 0.3) is 0 Å². The van der Waals surface area contributed by atoms with Crippen LogP contribution in [0.3, 0.4) is 0 Å². The highest BCUT2D eigenvalue weighted by atomic mass is 19.1. The van der Waals surface area contributed by atoms with Crippen LogP contribution in [-0.4, -0.2) is 46.0 Å². The van der Waals surface area contributed by atoms with Crippen LogP contribution in [0.4, 0.5) is 14.6 Å². The Bertz CT molecular complexity index is 1230. The molecule has 0 unspecified atom stereocenters. The number of nitrogens with one attached hydrogen (secondary N) is 2.